The van der Waals surface area contributed by atoms with Crippen LogP contribution in [0, 0.1) is 46.3 Å². The van der Waals surface area contributed by atoms with Gasteiger partial charge < -0.3 is 10.2 Å². The number of carboxylic acids is 1. The van der Waals surface area contributed by atoms with E-state index in [-0.39, 0.29) is 0 Å². The van der Waals surface area contributed by atoms with Crippen molar-refractivity contribution in [1.29, 1.82) is 0 Å². The fourth-order valence-corrected chi connectivity index (χ4v) is 9.02. The minimum absolute atomic E-state index is 0.402. The van der Waals surface area contributed by atoms with Crippen molar-refractivity contribution in [1.82, 2.24) is 0 Å². The summed E-state index contributed by atoms with van der Waals surface area (Å²) in [6.45, 7) is 7.54. The van der Waals surface area contributed by atoms with Gasteiger partial charge in [-0.15, -0.1) is 0 Å². The van der Waals surface area contributed by atoms with Crippen LogP contribution in [0.25, 0.3) is 0 Å². The van der Waals surface area contributed by atoms with Crippen molar-refractivity contribution in [2.75, 3.05) is 0 Å². The molecule has 4 aliphatic rings. The molecular weight excluding hydrogens is 348 g/mol. The third-order valence-corrected chi connectivity index (χ3v) is 10.5. The van der Waals surface area contributed by atoms with E-state index < -0.39 is 12.1 Å². The maximum Gasteiger partial charge on any atom is 0.332 e. The van der Waals surface area contributed by atoms with E-state index >= 15 is 0 Å². The summed E-state index contributed by atoms with van der Waals surface area (Å²) in [6.07, 6.45) is 14.3. The Hall–Kier alpha value is -0.570. The third kappa shape index (κ3) is 3.24. The van der Waals surface area contributed by atoms with Crippen LogP contribution in [-0.4, -0.2) is 22.3 Å². The highest BCUT2D eigenvalue weighted by Gasteiger charge is 2.60. The number of aliphatic hydroxyl groups is 1. The number of carboxylic acid groups (broad SMARTS) is 1. The van der Waals surface area contributed by atoms with Crippen LogP contribution >= 0.6 is 0 Å². The Morgan fingerprint density at radius 1 is 0.929 bits per heavy atom. The van der Waals surface area contributed by atoms with E-state index in [9.17, 15) is 9.90 Å². The van der Waals surface area contributed by atoms with Gasteiger partial charge in [-0.25, -0.2) is 4.79 Å². The molecule has 0 spiro atoms. The van der Waals surface area contributed by atoms with Crippen LogP contribution < -0.4 is 0 Å². The van der Waals surface area contributed by atoms with Gasteiger partial charge in [0, 0.05) is 0 Å². The Labute approximate surface area is 171 Å². The monoisotopic (exact) mass is 390 g/mol. The van der Waals surface area contributed by atoms with Crippen molar-refractivity contribution in [2.24, 2.45) is 46.3 Å². The average molecular weight is 391 g/mol. The number of hydrogen-bond donors (Lipinski definition) is 2. The first kappa shape index (κ1) is 20.7. The zero-order valence-electron chi connectivity index (χ0n) is 18.3. The van der Waals surface area contributed by atoms with Gasteiger partial charge in [0.25, 0.3) is 0 Å². The Balaban J connectivity index is 1.47. The first-order valence-corrected chi connectivity index (χ1v) is 12.2. The van der Waals surface area contributed by atoms with E-state index in [1.54, 1.807) is 0 Å². The average Bonchev–Trinajstić information content (AvgIpc) is 3.02. The van der Waals surface area contributed by atoms with Gasteiger partial charge in [-0.3, -0.25) is 0 Å². The summed E-state index contributed by atoms with van der Waals surface area (Å²) in [5.74, 6) is 3.90. The molecule has 0 heterocycles. The zero-order chi connectivity index (χ0) is 20.1. The van der Waals surface area contributed by atoms with Crippen molar-refractivity contribution in [3.8, 4) is 0 Å². The lowest BCUT2D eigenvalue weighted by atomic mass is 9.44. The number of rotatable bonds is 5. The summed E-state index contributed by atoms with van der Waals surface area (Å²) in [6, 6.07) is 0. The summed E-state index contributed by atoms with van der Waals surface area (Å²) in [7, 11) is 0. The molecule has 0 aliphatic heterocycles. The van der Waals surface area contributed by atoms with Crippen molar-refractivity contribution in [3.05, 3.63) is 0 Å². The van der Waals surface area contributed by atoms with Crippen molar-refractivity contribution >= 4 is 5.97 Å². The van der Waals surface area contributed by atoms with Crippen LogP contribution in [0.4, 0.5) is 0 Å². The van der Waals surface area contributed by atoms with E-state index in [1.165, 1.54) is 64.2 Å². The van der Waals surface area contributed by atoms with E-state index in [4.69, 9.17) is 5.11 Å². The molecule has 0 saturated heterocycles. The van der Waals surface area contributed by atoms with Crippen LogP contribution in [-0.2, 0) is 4.79 Å². The lowest BCUT2D eigenvalue weighted by molar-refractivity contribution is -0.147. The van der Waals surface area contributed by atoms with Crippen LogP contribution in [0.5, 0.6) is 0 Å². The largest absolute Gasteiger partial charge is 0.479 e. The standard InChI is InChI=1S/C25H42O3/c1-16(7-12-22(26)23(27)28)19-10-11-20-18-9-8-17-6-4-5-14-24(17,2)21(18)13-15-25(19,20)3/h16-22,26H,4-15H2,1-3H3,(H,27,28)/t16?,17?,18-,19+,20-,21-,22?,24-,25+/m0/s1. The van der Waals surface area contributed by atoms with Crippen LogP contribution in [0.15, 0.2) is 0 Å². The highest BCUT2D eigenvalue weighted by atomic mass is 16.4. The van der Waals surface area contributed by atoms with Crippen LogP contribution in [0.1, 0.15) is 97.8 Å². The van der Waals surface area contributed by atoms with Gasteiger partial charge in [0.05, 0.1) is 0 Å². The minimum Gasteiger partial charge on any atom is -0.479 e. The molecule has 3 nitrogen and oxygen atoms in total. The number of fused-ring (bicyclic) bond motifs is 5. The SMILES string of the molecule is CC(CCC(O)C(=O)O)[C@H]1CC[C@H]2[C@@H]3CCC4CCCC[C@]4(C)[C@H]3CC[C@]12C. The summed E-state index contributed by atoms with van der Waals surface area (Å²) >= 11 is 0. The summed E-state index contributed by atoms with van der Waals surface area (Å²) in [5.41, 5.74) is 1.05. The van der Waals surface area contributed by atoms with E-state index in [0.29, 0.717) is 29.1 Å². The lowest BCUT2D eigenvalue weighted by Gasteiger charge is -2.61. The Bertz CT molecular complexity index is 588. The molecule has 160 valence electrons. The molecule has 0 radical (unpaired) electrons. The maximum atomic E-state index is 11.0. The molecular formula is C25H42O3. The molecule has 4 rings (SSSR count). The molecule has 4 aliphatic carbocycles. The molecule has 4 fully saturated rings. The third-order valence-electron chi connectivity index (χ3n) is 10.5. The quantitative estimate of drug-likeness (QED) is 0.614. The smallest absolute Gasteiger partial charge is 0.332 e. The molecule has 4 saturated carbocycles. The normalized spacial score (nSPS) is 47.5. The molecule has 3 heteroatoms. The van der Waals surface area contributed by atoms with Gasteiger partial charge in [-0.05, 0) is 111 Å². The van der Waals surface area contributed by atoms with Crippen molar-refractivity contribution in [2.45, 2.75) is 104 Å². The first-order valence-electron chi connectivity index (χ1n) is 12.2. The zero-order valence-corrected chi connectivity index (χ0v) is 18.3. The molecule has 28 heavy (non-hydrogen) atoms. The van der Waals surface area contributed by atoms with E-state index in [0.717, 1.165) is 30.1 Å². The van der Waals surface area contributed by atoms with Crippen molar-refractivity contribution in [3.63, 3.8) is 0 Å². The van der Waals surface area contributed by atoms with Crippen molar-refractivity contribution < 1.29 is 15.0 Å². The lowest BCUT2D eigenvalue weighted by Crippen LogP contribution is -2.53. The second-order valence-corrected chi connectivity index (χ2v) is 11.5. The highest BCUT2D eigenvalue weighted by molar-refractivity contribution is 5.71. The summed E-state index contributed by atoms with van der Waals surface area (Å²) in [5, 5.41) is 18.7. The minimum atomic E-state index is -1.19. The fraction of sp³-hybridized carbons (Fsp3) is 0.960. The maximum absolute atomic E-state index is 11.0. The molecule has 0 aromatic carbocycles. The highest BCUT2D eigenvalue weighted by Crippen LogP contribution is 2.68. The van der Waals surface area contributed by atoms with Crippen LogP contribution in [0.3, 0.4) is 0 Å². The van der Waals surface area contributed by atoms with E-state index in [2.05, 4.69) is 20.8 Å². The van der Waals surface area contributed by atoms with Gasteiger partial charge in [0.1, 0.15) is 0 Å². The molecule has 2 N–H and O–H groups in total. The molecule has 0 aromatic heterocycles. The summed E-state index contributed by atoms with van der Waals surface area (Å²) < 4.78 is 0. The van der Waals surface area contributed by atoms with E-state index in [1.807, 2.05) is 0 Å². The fourth-order valence-electron chi connectivity index (χ4n) is 9.02. The molecule has 0 aromatic rings. The second-order valence-electron chi connectivity index (χ2n) is 11.5. The molecule has 9 atom stereocenters. The predicted octanol–water partition coefficient (Wildman–Crippen LogP) is 5.90. The molecule has 3 unspecified atom stereocenters. The predicted molar refractivity (Wildman–Crippen MR) is 112 cm³/mol. The number of aliphatic carboxylic acids is 1. The number of hydrogen-bond acceptors (Lipinski definition) is 2. The first-order chi connectivity index (χ1) is 13.3. The van der Waals surface area contributed by atoms with Crippen LogP contribution in [0.2, 0.25) is 0 Å². The number of aliphatic hydroxyl groups excluding tert-OH is 1. The topological polar surface area (TPSA) is 57.5 Å². The van der Waals surface area contributed by atoms with Gasteiger partial charge in [0.15, 0.2) is 6.10 Å². The number of carbonyl (C=O) groups is 1. The van der Waals surface area contributed by atoms with Gasteiger partial charge in [-0.1, -0.05) is 33.6 Å². The van der Waals surface area contributed by atoms with Gasteiger partial charge >= 0.3 is 5.97 Å². The molecule has 0 bridgehead atoms. The molecule has 0 amide bonds. The Kier molecular flexibility index (Phi) is 5.61. The Morgan fingerprint density at radius 3 is 2.43 bits per heavy atom. The summed E-state index contributed by atoms with van der Waals surface area (Å²) in [4.78, 5) is 11.0. The van der Waals surface area contributed by atoms with Gasteiger partial charge in [0.2, 0.25) is 0 Å². The van der Waals surface area contributed by atoms with Gasteiger partial charge in [-0.2, -0.15) is 0 Å². The second kappa shape index (κ2) is 7.60. The Morgan fingerprint density at radius 2 is 1.68 bits per heavy atom.